The highest BCUT2D eigenvalue weighted by Gasteiger charge is 2.16. The fraction of sp³-hybridized carbons (Fsp3) is 0.444. The molecule has 0 saturated heterocycles. The number of aromatic nitrogens is 1. The molecule has 3 N–H and O–H groups in total. The van der Waals surface area contributed by atoms with E-state index in [0.717, 1.165) is 22.7 Å². The highest BCUT2D eigenvalue weighted by Crippen LogP contribution is 2.25. The Kier molecular flexibility index (Phi) is 6.75. The fourth-order valence-electron chi connectivity index (χ4n) is 2.21. The van der Waals surface area contributed by atoms with E-state index < -0.39 is 6.10 Å². The number of hydrogen-bond acceptors (Lipinski definition) is 4. The number of aliphatic hydroxyl groups excluding tert-OH is 1. The van der Waals surface area contributed by atoms with Gasteiger partial charge in [-0.05, 0) is 12.8 Å². The molecule has 1 aromatic heterocycles. The van der Waals surface area contributed by atoms with Crippen LogP contribution in [0.2, 0.25) is 0 Å². The third-order valence-corrected chi connectivity index (χ3v) is 5.11. The predicted molar refractivity (Wildman–Crippen MR) is 98.0 cm³/mol. The molecule has 6 heteroatoms. The van der Waals surface area contributed by atoms with Crippen molar-refractivity contribution in [1.29, 1.82) is 0 Å². The number of thiazole rings is 1. The SMILES string of the molecule is CCC(C)C(O)CNC(=O)NC(C)c1nc(-c2ccccc2)cs1. The monoisotopic (exact) mass is 347 g/mol. The van der Waals surface area contributed by atoms with Crippen LogP contribution in [0, 0.1) is 5.92 Å². The number of benzene rings is 1. The van der Waals surface area contributed by atoms with Crippen LogP contribution < -0.4 is 10.6 Å². The van der Waals surface area contributed by atoms with E-state index >= 15 is 0 Å². The van der Waals surface area contributed by atoms with Gasteiger partial charge in [-0.1, -0.05) is 50.6 Å². The van der Waals surface area contributed by atoms with Gasteiger partial charge < -0.3 is 15.7 Å². The zero-order chi connectivity index (χ0) is 17.5. The van der Waals surface area contributed by atoms with Crippen LogP contribution in [0.3, 0.4) is 0 Å². The van der Waals surface area contributed by atoms with Gasteiger partial charge in [0.15, 0.2) is 0 Å². The predicted octanol–water partition coefficient (Wildman–Crippen LogP) is 3.58. The molecular weight excluding hydrogens is 322 g/mol. The summed E-state index contributed by atoms with van der Waals surface area (Å²) in [5.74, 6) is 0.162. The Hall–Kier alpha value is -1.92. The van der Waals surface area contributed by atoms with Crippen molar-refractivity contribution in [3.8, 4) is 11.3 Å². The summed E-state index contributed by atoms with van der Waals surface area (Å²) < 4.78 is 0. The van der Waals surface area contributed by atoms with Gasteiger partial charge in [-0.15, -0.1) is 11.3 Å². The topological polar surface area (TPSA) is 74.2 Å². The molecule has 1 heterocycles. The number of urea groups is 1. The quantitative estimate of drug-likeness (QED) is 0.717. The van der Waals surface area contributed by atoms with Crippen LogP contribution in [0.4, 0.5) is 4.79 Å². The van der Waals surface area contributed by atoms with Gasteiger partial charge in [0, 0.05) is 17.5 Å². The van der Waals surface area contributed by atoms with Gasteiger partial charge in [0.25, 0.3) is 0 Å². The van der Waals surface area contributed by atoms with Gasteiger partial charge in [0.1, 0.15) is 5.01 Å². The number of amides is 2. The Morgan fingerprint density at radius 2 is 2.00 bits per heavy atom. The second-order valence-electron chi connectivity index (χ2n) is 5.97. The molecule has 3 unspecified atom stereocenters. The summed E-state index contributed by atoms with van der Waals surface area (Å²) in [6.07, 6.45) is 0.350. The number of hydrogen-bond donors (Lipinski definition) is 3. The van der Waals surface area contributed by atoms with E-state index in [1.807, 2.05) is 56.5 Å². The average molecular weight is 347 g/mol. The first kappa shape index (κ1) is 18.4. The van der Waals surface area contributed by atoms with Crippen molar-refractivity contribution in [2.24, 2.45) is 5.92 Å². The second kappa shape index (κ2) is 8.80. The zero-order valence-corrected chi connectivity index (χ0v) is 15.1. The first-order valence-electron chi connectivity index (χ1n) is 8.24. The first-order chi connectivity index (χ1) is 11.5. The van der Waals surface area contributed by atoms with Crippen molar-refractivity contribution in [3.05, 3.63) is 40.7 Å². The first-order valence-corrected chi connectivity index (χ1v) is 9.12. The minimum Gasteiger partial charge on any atom is -0.391 e. The van der Waals surface area contributed by atoms with E-state index in [2.05, 4.69) is 15.6 Å². The van der Waals surface area contributed by atoms with Gasteiger partial charge in [0.05, 0.1) is 17.8 Å². The van der Waals surface area contributed by atoms with Crippen LogP contribution >= 0.6 is 11.3 Å². The minimum absolute atomic E-state index is 0.162. The highest BCUT2D eigenvalue weighted by molar-refractivity contribution is 7.10. The van der Waals surface area contributed by atoms with E-state index in [1.54, 1.807) is 0 Å². The molecule has 130 valence electrons. The largest absolute Gasteiger partial charge is 0.391 e. The van der Waals surface area contributed by atoms with Crippen LogP contribution in [-0.4, -0.2) is 28.8 Å². The molecule has 0 fully saturated rings. The van der Waals surface area contributed by atoms with Gasteiger partial charge in [-0.3, -0.25) is 0 Å². The number of carbonyl (C=O) groups is 1. The Labute approximate surface area is 147 Å². The molecule has 0 aliphatic rings. The molecule has 2 aromatic rings. The Bertz CT molecular complexity index is 645. The van der Waals surface area contributed by atoms with E-state index in [4.69, 9.17) is 0 Å². The highest BCUT2D eigenvalue weighted by atomic mass is 32.1. The van der Waals surface area contributed by atoms with Crippen LogP contribution in [0.25, 0.3) is 11.3 Å². The summed E-state index contributed by atoms with van der Waals surface area (Å²) in [6.45, 7) is 6.13. The Morgan fingerprint density at radius 3 is 2.67 bits per heavy atom. The lowest BCUT2D eigenvalue weighted by Gasteiger charge is -2.18. The van der Waals surface area contributed by atoms with Crippen molar-refractivity contribution in [2.45, 2.75) is 39.3 Å². The third-order valence-electron chi connectivity index (χ3n) is 4.08. The van der Waals surface area contributed by atoms with Crippen molar-refractivity contribution >= 4 is 17.4 Å². The molecule has 0 radical (unpaired) electrons. The van der Waals surface area contributed by atoms with Crippen molar-refractivity contribution in [2.75, 3.05) is 6.54 Å². The Morgan fingerprint density at radius 1 is 1.29 bits per heavy atom. The van der Waals surface area contributed by atoms with Gasteiger partial charge in [0.2, 0.25) is 0 Å². The summed E-state index contributed by atoms with van der Waals surface area (Å²) in [5, 5.41) is 18.3. The molecule has 5 nitrogen and oxygen atoms in total. The summed E-state index contributed by atoms with van der Waals surface area (Å²) in [7, 11) is 0. The number of aliphatic hydroxyl groups is 1. The molecular formula is C18H25N3O2S. The summed E-state index contributed by atoms with van der Waals surface area (Å²) in [6, 6.07) is 9.48. The van der Waals surface area contributed by atoms with Crippen LogP contribution in [-0.2, 0) is 0 Å². The lowest BCUT2D eigenvalue weighted by Crippen LogP contribution is -2.42. The summed E-state index contributed by atoms with van der Waals surface area (Å²) in [4.78, 5) is 16.6. The standard InChI is InChI=1S/C18H25N3O2S/c1-4-12(2)16(22)10-19-18(23)20-13(3)17-21-15(11-24-17)14-8-6-5-7-9-14/h5-9,11-13,16,22H,4,10H2,1-3H3,(H2,19,20,23). The number of carbonyl (C=O) groups excluding carboxylic acids is 1. The van der Waals surface area contributed by atoms with Crippen molar-refractivity contribution in [3.63, 3.8) is 0 Å². The molecule has 0 aliphatic carbocycles. The van der Waals surface area contributed by atoms with Crippen LogP contribution in [0.5, 0.6) is 0 Å². The molecule has 1 aromatic carbocycles. The van der Waals surface area contributed by atoms with Crippen LogP contribution in [0.1, 0.15) is 38.2 Å². The lowest BCUT2D eigenvalue weighted by molar-refractivity contribution is 0.114. The molecule has 24 heavy (non-hydrogen) atoms. The maximum absolute atomic E-state index is 12.0. The van der Waals surface area contributed by atoms with E-state index in [9.17, 15) is 9.90 Å². The second-order valence-corrected chi connectivity index (χ2v) is 6.86. The van der Waals surface area contributed by atoms with E-state index in [0.29, 0.717) is 0 Å². The van der Waals surface area contributed by atoms with Crippen molar-refractivity contribution < 1.29 is 9.90 Å². The number of nitrogens with zero attached hydrogens (tertiary/aromatic N) is 1. The molecule has 0 spiro atoms. The maximum atomic E-state index is 12.0. The minimum atomic E-state index is -0.527. The fourth-order valence-corrected chi connectivity index (χ4v) is 3.04. The number of rotatable bonds is 7. The molecule has 0 aliphatic heterocycles. The number of nitrogens with one attached hydrogen (secondary N) is 2. The van der Waals surface area contributed by atoms with E-state index in [-0.39, 0.29) is 24.5 Å². The summed E-state index contributed by atoms with van der Waals surface area (Å²) in [5.41, 5.74) is 1.98. The smallest absolute Gasteiger partial charge is 0.315 e. The van der Waals surface area contributed by atoms with Gasteiger partial charge >= 0.3 is 6.03 Å². The molecule has 0 saturated carbocycles. The van der Waals surface area contributed by atoms with Crippen molar-refractivity contribution in [1.82, 2.24) is 15.6 Å². The molecule has 2 amide bonds. The van der Waals surface area contributed by atoms with Gasteiger partial charge in [-0.25, -0.2) is 9.78 Å². The van der Waals surface area contributed by atoms with Crippen LogP contribution in [0.15, 0.2) is 35.7 Å². The Balaban J connectivity index is 1.87. The summed E-state index contributed by atoms with van der Waals surface area (Å²) >= 11 is 1.52. The normalized spacial score (nSPS) is 14.7. The zero-order valence-electron chi connectivity index (χ0n) is 14.3. The average Bonchev–Trinajstić information content (AvgIpc) is 3.10. The molecule has 2 rings (SSSR count). The maximum Gasteiger partial charge on any atom is 0.315 e. The molecule has 0 bridgehead atoms. The molecule has 3 atom stereocenters. The van der Waals surface area contributed by atoms with Gasteiger partial charge in [-0.2, -0.15) is 0 Å². The lowest BCUT2D eigenvalue weighted by atomic mass is 10.0. The van der Waals surface area contributed by atoms with E-state index in [1.165, 1.54) is 11.3 Å². The third kappa shape index (κ3) is 5.04.